The van der Waals surface area contributed by atoms with E-state index >= 15 is 0 Å². The van der Waals surface area contributed by atoms with Crippen LogP contribution < -0.4 is 0 Å². The number of nitrogens with zero attached hydrogens (tertiary/aromatic N) is 1. The Kier molecular flexibility index (Phi) is 4.54. The SMILES string of the molecule is COC(=O)c1c(C=O)n(CC2CCC3(CC2)OCCO3)c2ccccc12. The largest absolute Gasteiger partial charge is 0.465 e. The van der Waals surface area contributed by atoms with Gasteiger partial charge in [-0.15, -0.1) is 0 Å². The monoisotopic (exact) mass is 357 g/mol. The van der Waals surface area contributed by atoms with E-state index in [0.29, 0.717) is 36.9 Å². The second-order valence-corrected chi connectivity index (χ2v) is 7.05. The van der Waals surface area contributed by atoms with Crippen molar-refractivity contribution in [2.45, 2.75) is 38.0 Å². The Labute approximate surface area is 152 Å². The van der Waals surface area contributed by atoms with Crippen LogP contribution in [0.25, 0.3) is 10.9 Å². The van der Waals surface area contributed by atoms with Gasteiger partial charge in [-0.1, -0.05) is 18.2 Å². The van der Waals surface area contributed by atoms with Gasteiger partial charge in [-0.05, 0) is 24.8 Å². The van der Waals surface area contributed by atoms with E-state index in [1.807, 2.05) is 28.8 Å². The van der Waals surface area contributed by atoms with Gasteiger partial charge in [0.2, 0.25) is 0 Å². The predicted octanol–water partition coefficient (Wildman–Crippen LogP) is 3.17. The number of methoxy groups -OCH3 is 1. The van der Waals surface area contributed by atoms with E-state index in [4.69, 9.17) is 14.2 Å². The fraction of sp³-hybridized carbons (Fsp3) is 0.500. The summed E-state index contributed by atoms with van der Waals surface area (Å²) in [5, 5.41) is 0.760. The zero-order valence-corrected chi connectivity index (χ0v) is 14.9. The van der Waals surface area contributed by atoms with E-state index in [1.54, 1.807) is 0 Å². The molecule has 1 aliphatic carbocycles. The van der Waals surface area contributed by atoms with Crippen LogP contribution in [-0.4, -0.2) is 42.9 Å². The lowest BCUT2D eigenvalue weighted by Crippen LogP contribution is -2.36. The molecule has 6 heteroatoms. The highest BCUT2D eigenvalue weighted by atomic mass is 16.7. The number of benzene rings is 1. The molecular weight excluding hydrogens is 334 g/mol. The molecule has 138 valence electrons. The van der Waals surface area contributed by atoms with E-state index in [9.17, 15) is 9.59 Å². The second-order valence-electron chi connectivity index (χ2n) is 7.05. The highest BCUT2D eigenvalue weighted by molar-refractivity contribution is 6.10. The van der Waals surface area contributed by atoms with Crippen molar-refractivity contribution in [3.8, 4) is 0 Å². The summed E-state index contributed by atoms with van der Waals surface area (Å²) in [5.41, 5.74) is 1.64. The van der Waals surface area contributed by atoms with E-state index in [1.165, 1.54) is 7.11 Å². The molecule has 0 atom stereocenters. The normalized spacial score (nSPS) is 19.9. The lowest BCUT2D eigenvalue weighted by atomic mass is 9.85. The number of hydrogen-bond donors (Lipinski definition) is 0. The number of aromatic nitrogens is 1. The van der Waals surface area contributed by atoms with Gasteiger partial charge in [0.1, 0.15) is 0 Å². The first-order valence-corrected chi connectivity index (χ1v) is 9.10. The molecule has 1 aromatic heterocycles. The number of carbonyl (C=O) groups excluding carboxylic acids is 2. The molecule has 0 radical (unpaired) electrons. The molecule has 0 bridgehead atoms. The van der Waals surface area contributed by atoms with Crippen molar-refractivity contribution >= 4 is 23.2 Å². The highest BCUT2D eigenvalue weighted by Crippen LogP contribution is 2.39. The Balaban J connectivity index is 1.64. The van der Waals surface area contributed by atoms with Crippen molar-refractivity contribution in [3.63, 3.8) is 0 Å². The van der Waals surface area contributed by atoms with E-state index in [2.05, 4.69) is 0 Å². The van der Waals surface area contributed by atoms with Crippen molar-refractivity contribution < 1.29 is 23.8 Å². The summed E-state index contributed by atoms with van der Waals surface area (Å²) >= 11 is 0. The molecule has 0 unspecified atom stereocenters. The van der Waals surface area contributed by atoms with Crippen molar-refractivity contribution in [3.05, 3.63) is 35.5 Å². The molecule has 1 saturated heterocycles. The topological polar surface area (TPSA) is 66.8 Å². The zero-order valence-electron chi connectivity index (χ0n) is 14.9. The summed E-state index contributed by atoms with van der Waals surface area (Å²) in [7, 11) is 1.34. The number of esters is 1. The number of rotatable bonds is 4. The van der Waals surface area contributed by atoms with Gasteiger partial charge < -0.3 is 18.8 Å². The van der Waals surface area contributed by atoms with Crippen LogP contribution in [0.3, 0.4) is 0 Å². The van der Waals surface area contributed by atoms with Crippen molar-refractivity contribution in [2.24, 2.45) is 5.92 Å². The van der Waals surface area contributed by atoms with Crippen LogP contribution in [0.1, 0.15) is 46.5 Å². The number of aldehydes is 1. The molecule has 26 heavy (non-hydrogen) atoms. The number of para-hydroxylation sites is 1. The molecule has 2 heterocycles. The molecule has 1 aliphatic heterocycles. The summed E-state index contributed by atoms with van der Waals surface area (Å²) in [6, 6.07) is 7.60. The standard InChI is InChI=1S/C20H23NO5/c1-24-19(23)18-15-4-2-3-5-16(15)21(17(18)13-22)12-14-6-8-20(9-7-14)25-10-11-26-20/h2-5,13-14H,6-12H2,1H3. The average molecular weight is 357 g/mol. The maximum atomic E-state index is 12.3. The van der Waals surface area contributed by atoms with Gasteiger partial charge >= 0.3 is 5.97 Å². The Morgan fingerprint density at radius 1 is 1.27 bits per heavy atom. The third-order valence-corrected chi connectivity index (χ3v) is 5.63. The van der Waals surface area contributed by atoms with Gasteiger partial charge in [-0.2, -0.15) is 0 Å². The summed E-state index contributed by atoms with van der Waals surface area (Å²) in [6.45, 7) is 2.04. The average Bonchev–Trinajstić information content (AvgIpc) is 3.26. The van der Waals surface area contributed by atoms with Crippen LogP contribution in [0.5, 0.6) is 0 Å². The summed E-state index contributed by atoms with van der Waals surface area (Å²) in [4.78, 5) is 24.1. The highest BCUT2D eigenvalue weighted by Gasteiger charge is 2.40. The molecule has 2 aromatic rings. The molecule has 0 N–H and O–H groups in total. The Bertz CT molecular complexity index is 824. The van der Waals surface area contributed by atoms with Crippen LogP contribution in [0.15, 0.2) is 24.3 Å². The van der Waals surface area contributed by atoms with Crippen LogP contribution in [-0.2, 0) is 20.8 Å². The van der Waals surface area contributed by atoms with Crippen LogP contribution in [0.2, 0.25) is 0 Å². The quantitative estimate of drug-likeness (QED) is 0.621. The minimum Gasteiger partial charge on any atom is -0.465 e. The zero-order chi connectivity index (χ0) is 18.1. The van der Waals surface area contributed by atoms with Gasteiger partial charge in [0.15, 0.2) is 12.1 Å². The van der Waals surface area contributed by atoms with Crippen molar-refractivity contribution in [1.82, 2.24) is 4.57 Å². The third-order valence-electron chi connectivity index (χ3n) is 5.63. The third kappa shape index (κ3) is 2.83. The van der Waals surface area contributed by atoms with Gasteiger partial charge in [-0.25, -0.2) is 4.79 Å². The summed E-state index contributed by atoms with van der Waals surface area (Å²) < 4.78 is 18.5. The Hall–Kier alpha value is -2.18. The molecule has 0 amide bonds. The predicted molar refractivity (Wildman–Crippen MR) is 95.3 cm³/mol. The Morgan fingerprint density at radius 2 is 1.96 bits per heavy atom. The van der Waals surface area contributed by atoms with Gasteiger partial charge in [0.05, 0.1) is 31.6 Å². The number of fused-ring (bicyclic) bond motifs is 1. The first kappa shape index (κ1) is 17.2. The molecule has 2 fully saturated rings. The van der Waals surface area contributed by atoms with Gasteiger partial charge in [0, 0.05) is 30.3 Å². The van der Waals surface area contributed by atoms with E-state index in [0.717, 1.165) is 42.9 Å². The van der Waals surface area contributed by atoms with Crippen LogP contribution in [0, 0.1) is 5.92 Å². The fourth-order valence-corrected chi connectivity index (χ4v) is 4.30. The van der Waals surface area contributed by atoms with Crippen LogP contribution >= 0.6 is 0 Å². The van der Waals surface area contributed by atoms with E-state index in [-0.39, 0.29) is 5.79 Å². The maximum Gasteiger partial charge on any atom is 0.340 e. The van der Waals surface area contributed by atoms with Crippen LogP contribution in [0.4, 0.5) is 0 Å². The van der Waals surface area contributed by atoms with E-state index < -0.39 is 5.97 Å². The molecule has 1 saturated carbocycles. The number of carbonyl (C=O) groups is 2. The molecule has 6 nitrogen and oxygen atoms in total. The Morgan fingerprint density at radius 3 is 2.62 bits per heavy atom. The number of hydrogen-bond acceptors (Lipinski definition) is 5. The van der Waals surface area contributed by atoms with Crippen molar-refractivity contribution in [2.75, 3.05) is 20.3 Å². The first-order chi connectivity index (χ1) is 12.7. The first-order valence-electron chi connectivity index (χ1n) is 9.10. The molecule has 2 aliphatic rings. The molecule has 4 rings (SSSR count). The smallest absolute Gasteiger partial charge is 0.340 e. The van der Waals surface area contributed by atoms with Crippen molar-refractivity contribution in [1.29, 1.82) is 0 Å². The lowest BCUT2D eigenvalue weighted by Gasteiger charge is -2.35. The van der Waals surface area contributed by atoms with Gasteiger partial charge in [-0.3, -0.25) is 4.79 Å². The molecule has 1 spiro atoms. The second kappa shape index (κ2) is 6.85. The fourth-order valence-electron chi connectivity index (χ4n) is 4.30. The maximum absolute atomic E-state index is 12.3. The number of ether oxygens (including phenoxy) is 3. The summed E-state index contributed by atoms with van der Waals surface area (Å²) in [6.07, 6.45) is 4.45. The molecular formula is C20H23NO5. The summed E-state index contributed by atoms with van der Waals surface area (Å²) in [5.74, 6) is -0.453. The van der Waals surface area contributed by atoms with Gasteiger partial charge in [0.25, 0.3) is 0 Å². The minimum absolute atomic E-state index is 0.354. The molecule has 1 aromatic carbocycles. The lowest BCUT2D eigenvalue weighted by molar-refractivity contribution is -0.183. The minimum atomic E-state index is -0.475.